The first kappa shape index (κ1) is 16.6. The molecule has 2 rings (SSSR count). The van der Waals surface area contributed by atoms with Crippen LogP contribution in [0.2, 0.25) is 0 Å². The lowest BCUT2D eigenvalue weighted by Crippen LogP contribution is -2.32. The maximum absolute atomic E-state index is 11.2. The summed E-state index contributed by atoms with van der Waals surface area (Å²) in [5.41, 5.74) is 1.17. The van der Waals surface area contributed by atoms with Crippen LogP contribution >= 0.6 is 10.3 Å². The Morgan fingerprint density at radius 2 is 1.81 bits per heavy atom. The largest absolute Gasteiger partial charge is 0.497 e. The van der Waals surface area contributed by atoms with Gasteiger partial charge in [0.1, 0.15) is 5.75 Å². The number of rotatable bonds is 5. The molecule has 0 spiro atoms. The summed E-state index contributed by atoms with van der Waals surface area (Å²) in [5.74, 6) is 2.31. The van der Waals surface area contributed by atoms with E-state index >= 15 is 0 Å². The van der Waals surface area contributed by atoms with Gasteiger partial charge in [-0.15, -0.1) is 10.3 Å². The molecule has 1 atom stereocenters. The second-order valence-corrected chi connectivity index (χ2v) is 9.25. The SMILES string of the molecule is COc1ccc(C(CN(C)C)S2(O)CCC(O)CC2)cc1. The van der Waals surface area contributed by atoms with Crippen molar-refractivity contribution in [2.24, 2.45) is 0 Å². The van der Waals surface area contributed by atoms with Crippen LogP contribution in [0, 0.1) is 0 Å². The van der Waals surface area contributed by atoms with Gasteiger partial charge in [0, 0.05) is 23.3 Å². The molecule has 1 aromatic carbocycles. The fraction of sp³-hybridized carbons (Fsp3) is 0.625. The summed E-state index contributed by atoms with van der Waals surface area (Å²) in [4.78, 5) is 2.13. The average Bonchev–Trinajstić information content (AvgIpc) is 2.48. The van der Waals surface area contributed by atoms with E-state index < -0.39 is 10.3 Å². The number of methoxy groups -OCH3 is 1. The van der Waals surface area contributed by atoms with Gasteiger partial charge in [-0.25, -0.2) is 0 Å². The van der Waals surface area contributed by atoms with E-state index in [1.807, 2.05) is 26.2 Å². The van der Waals surface area contributed by atoms with Gasteiger partial charge in [0.05, 0.1) is 13.2 Å². The molecule has 120 valence electrons. The van der Waals surface area contributed by atoms with Crippen molar-refractivity contribution in [3.8, 4) is 5.75 Å². The second-order valence-electron chi connectivity index (χ2n) is 6.06. The van der Waals surface area contributed by atoms with E-state index in [2.05, 4.69) is 17.0 Å². The molecular formula is C16H27NO3S. The molecule has 2 N–H and O–H groups in total. The molecule has 1 heterocycles. The van der Waals surface area contributed by atoms with E-state index in [0.29, 0.717) is 12.8 Å². The third-order valence-electron chi connectivity index (χ3n) is 4.16. The summed E-state index contributed by atoms with van der Waals surface area (Å²) in [7, 11) is 4.01. The minimum atomic E-state index is -1.72. The summed E-state index contributed by atoms with van der Waals surface area (Å²) in [6.45, 7) is 0.828. The molecular weight excluding hydrogens is 286 g/mol. The fourth-order valence-electron chi connectivity index (χ4n) is 2.86. The Morgan fingerprint density at radius 1 is 1.24 bits per heavy atom. The van der Waals surface area contributed by atoms with E-state index in [9.17, 15) is 9.66 Å². The zero-order valence-corrected chi connectivity index (χ0v) is 14.0. The van der Waals surface area contributed by atoms with Crippen LogP contribution in [0.15, 0.2) is 24.3 Å². The topological polar surface area (TPSA) is 52.9 Å². The smallest absolute Gasteiger partial charge is 0.118 e. The Kier molecular flexibility index (Phi) is 5.54. The molecule has 0 aromatic heterocycles. The second kappa shape index (κ2) is 7.01. The van der Waals surface area contributed by atoms with Crippen LogP contribution in [-0.2, 0) is 0 Å². The highest BCUT2D eigenvalue weighted by Crippen LogP contribution is 2.60. The lowest BCUT2D eigenvalue weighted by Gasteiger charge is -2.46. The highest BCUT2D eigenvalue weighted by molar-refractivity contribution is 8.29. The fourth-order valence-corrected chi connectivity index (χ4v) is 6.23. The van der Waals surface area contributed by atoms with Gasteiger partial charge in [-0.2, -0.15) is 0 Å². The number of benzene rings is 1. The third-order valence-corrected chi connectivity index (χ3v) is 7.52. The lowest BCUT2D eigenvalue weighted by atomic mass is 10.1. The number of hydrogen-bond donors (Lipinski definition) is 2. The Balaban J connectivity index is 2.24. The van der Waals surface area contributed by atoms with Gasteiger partial charge in [0.25, 0.3) is 0 Å². The molecule has 5 heteroatoms. The van der Waals surface area contributed by atoms with Crippen LogP contribution in [0.1, 0.15) is 23.7 Å². The van der Waals surface area contributed by atoms with Crippen molar-refractivity contribution in [1.29, 1.82) is 0 Å². The van der Waals surface area contributed by atoms with Crippen LogP contribution in [0.4, 0.5) is 0 Å². The van der Waals surface area contributed by atoms with E-state index in [4.69, 9.17) is 4.74 Å². The van der Waals surface area contributed by atoms with Gasteiger partial charge in [0.15, 0.2) is 0 Å². The van der Waals surface area contributed by atoms with Crippen molar-refractivity contribution in [3.05, 3.63) is 29.8 Å². The highest BCUT2D eigenvalue weighted by atomic mass is 32.3. The van der Waals surface area contributed by atoms with Crippen LogP contribution < -0.4 is 4.74 Å². The Morgan fingerprint density at radius 3 is 2.29 bits per heavy atom. The predicted octanol–water partition coefficient (Wildman–Crippen LogP) is 2.73. The Hall–Kier alpha value is -0.750. The van der Waals surface area contributed by atoms with Crippen molar-refractivity contribution >= 4 is 10.3 Å². The summed E-state index contributed by atoms with van der Waals surface area (Å²) >= 11 is 0. The number of aliphatic hydroxyl groups excluding tert-OH is 1. The summed E-state index contributed by atoms with van der Waals surface area (Å²) in [5, 5.41) is 9.85. The lowest BCUT2D eigenvalue weighted by molar-refractivity contribution is 0.162. The van der Waals surface area contributed by atoms with Gasteiger partial charge in [-0.05, 0) is 44.6 Å². The van der Waals surface area contributed by atoms with E-state index in [1.165, 1.54) is 5.56 Å². The first-order valence-corrected chi connectivity index (χ1v) is 9.40. The molecule has 0 bridgehead atoms. The van der Waals surface area contributed by atoms with Crippen molar-refractivity contribution in [2.75, 3.05) is 39.3 Å². The molecule has 1 fully saturated rings. The molecule has 1 unspecified atom stereocenters. The third kappa shape index (κ3) is 4.13. The standard InChI is InChI=1S/C16H27NO3S/c1-17(2)12-16(13-4-6-15(20-3)7-5-13)21(19)10-8-14(18)9-11-21/h4-7,14,16,18-19H,8-12H2,1-3H3. The number of nitrogens with zero attached hydrogens (tertiary/aromatic N) is 1. The zero-order chi connectivity index (χ0) is 15.5. The highest BCUT2D eigenvalue weighted by Gasteiger charge is 2.36. The average molecular weight is 313 g/mol. The summed E-state index contributed by atoms with van der Waals surface area (Å²) in [6, 6.07) is 8.03. The monoisotopic (exact) mass is 313 g/mol. The number of hydrogen-bond acceptors (Lipinski definition) is 4. The number of aliphatic hydroxyl groups is 1. The maximum Gasteiger partial charge on any atom is 0.118 e. The molecule has 1 aromatic rings. The van der Waals surface area contributed by atoms with Crippen molar-refractivity contribution in [1.82, 2.24) is 4.90 Å². The molecule has 1 aliphatic heterocycles. The molecule has 0 saturated carbocycles. The normalized spacial score (nSPS) is 30.7. The van der Waals surface area contributed by atoms with Crippen molar-refractivity contribution in [3.63, 3.8) is 0 Å². The first-order valence-electron chi connectivity index (χ1n) is 7.41. The van der Waals surface area contributed by atoms with Crippen LogP contribution in [0.3, 0.4) is 0 Å². The van der Waals surface area contributed by atoms with E-state index in [-0.39, 0.29) is 11.4 Å². The molecule has 4 nitrogen and oxygen atoms in total. The van der Waals surface area contributed by atoms with Crippen molar-refractivity contribution < 1.29 is 14.4 Å². The van der Waals surface area contributed by atoms with E-state index in [0.717, 1.165) is 23.8 Å². The zero-order valence-electron chi connectivity index (χ0n) is 13.2. The maximum atomic E-state index is 11.2. The van der Waals surface area contributed by atoms with Gasteiger partial charge in [0.2, 0.25) is 0 Å². The quantitative estimate of drug-likeness (QED) is 0.877. The summed E-state index contributed by atoms with van der Waals surface area (Å²) in [6.07, 6.45) is 1.19. The van der Waals surface area contributed by atoms with Crippen molar-refractivity contribution in [2.45, 2.75) is 24.2 Å². The summed E-state index contributed by atoms with van der Waals surface area (Å²) < 4.78 is 16.4. The minimum Gasteiger partial charge on any atom is -0.497 e. The molecule has 1 aliphatic rings. The molecule has 21 heavy (non-hydrogen) atoms. The Bertz CT molecular complexity index is 441. The first-order chi connectivity index (χ1) is 9.94. The van der Waals surface area contributed by atoms with Gasteiger partial charge in [-0.3, -0.25) is 0 Å². The van der Waals surface area contributed by atoms with Crippen LogP contribution in [0.25, 0.3) is 0 Å². The van der Waals surface area contributed by atoms with Crippen LogP contribution in [0.5, 0.6) is 5.75 Å². The molecule has 1 saturated heterocycles. The number of likely N-dealkylation sites (N-methyl/N-ethyl adjacent to an activating group) is 1. The van der Waals surface area contributed by atoms with Crippen LogP contribution in [-0.4, -0.2) is 59.9 Å². The van der Waals surface area contributed by atoms with Gasteiger partial charge in [-0.1, -0.05) is 12.1 Å². The minimum absolute atomic E-state index is 0.130. The van der Waals surface area contributed by atoms with Gasteiger partial charge < -0.3 is 19.3 Å². The van der Waals surface area contributed by atoms with Gasteiger partial charge >= 0.3 is 0 Å². The molecule has 0 amide bonds. The van der Waals surface area contributed by atoms with E-state index in [1.54, 1.807) is 7.11 Å². The predicted molar refractivity (Wildman–Crippen MR) is 89.5 cm³/mol. The molecule has 0 radical (unpaired) electrons. The Labute approximate surface area is 129 Å². The number of ether oxygens (including phenoxy) is 1. The molecule has 0 aliphatic carbocycles.